The molecule has 0 fully saturated rings. The van der Waals surface area contributed by atoms with Crippen molar-refractivity contribution < 1.29 is 9.53 Å². The van der Waals surface area contributed by atoms with Crippen molar-refractivity contribution in [2.24, 2.45) is 0 Å². The topological polar surface area (TPSA) is 106 Å². The lowest BCUT2D eigenvalue weighted by Crippen LogP contribution is -2.14. The number of ether oxygens (including phenoxy) is 1. The number of carbonyl (C=O) groups is 1. The molecule has 0 saturated heterocycles. The first-order valence-electron chi connectivity index (χ1n) is 11.7. The number of nitrogens with one attached hydrogen (secondary N) is 3. The summed E-state index contributed by atoms with van der Waals surface area (Å²) in [7, 11) is 1.67. The zero-order chi connectivity index (χ0) is 24.8. The Morgan fingerprint density at radius 1 is 1.20 bits per heavy atom. The fraction of sp³-hybridized carbons (Fsp3) is 0.308. The average molecular weight is 474 g/mol. The highest BCUT2D eigenvalue weighted by Crippen LogP contribution is 2.23. The predicted molar refractivity (Wildman–Crippen MR) is 139 cm³/mol. The minimum absolute atomic E-state index is 0.0495. The average Bonchev–Trinajstić information content (AvgIpc) is 3.28. The standard InChI is InChI=1S/C26H31N7O2/c1-5-33-16-23-25(32-33)31-24(15-28-23)29-18(3)19-7-6-8-21(14-19)30-26(34)20-9-10-22(17(2)13-20)27-11-12-35-4/h6-10,13-16,18,27H,5,11-12H2,1-4H3,(H,30,34)(H,29,31,32)/t18-/m0/s1. The second kappa shape index (κ2) is 11.0. The van der Waals surface area contributed by atoms with Crippen LogP contribution in [0.1, 0.15) is 41.4 Å². The van der Waals surface area contributed by atoms with Crippen molar-refractivity contribution in [1.82, 2.24) is 19.7 Å². The van der Waals surface area contributed by atoms with E-state index in [1.54, 1.807) is 13.3 Å². The molecule has 0 aliphatic heterocycles. The molecule has 1 amide bonds. The number of aryl methyl sites for hydroxylation is 2. The Morgan fingerprint density at radius 2 is 2.06 bits per heavy atom. The summed E-state index contributed by atoms with van der Waals surface area (Å²) in [5.41, 5.74) is 5.71. The van der Waals surface area contributed by atoms with Crippen molar-refractivity contribution in [3.8, 4) is 0 Å². The first-order chi connectivity index (χ1) is 17.0. The van der Waals surface area contributed by atoms with Gasteiger partial charge in [-0.3, -0.25) is 9.48 Å². The van der Waals surface area contributed by atoms with Gasteiger partial charge in [-0.2, -0.15) is 5.10 Å². The van der Waals surface area contributed by atoms with E-state index in [-0.39, 0.29) is 11.9 Å². The molecule has 1 atom stereocenters. The Balaban J connectivity index is 1.42. The van der Waals surface area contributed by atoms with E-state index in [1.165, 1.54) is 0 Å². The Kier molecular flexibility index (Phi) is 7.57. The Bertz CT molecular complexity index is 1320. The lowest BCUT2D eigenvalue weighted by atomic mass is 10.1. The molecule has 9 heteroatoms. The van der Waals surface area contributed by atoms with Crippen molar-refractivity contribution in [3.63, 3.8) is 0 Å². The second-order valence-corrected chi connectivity index (χ2v) is 8.34. The molecular weight excluding hydrogens is 442 g/mol. The van der Waals surface area contributed by atoms with E-state index in [9.17, 15) is 4.79 Å². The van der Waals surface area contributed by atoms with E-state index >= 15 is 0 Å². The van der Waals surface area contributed by atoms with Crippen LogP contribution in [0.2, 0.25) is 0 Å². The van der Waals surface area contributed by atoms with Gasteiger partial charge in [0.25, 0.3) is 5.91 Å². The van der Waals surface area contributed by atoms with Crippen LogP contribution in [-0.2, 0) is 11.3 Å². The number of fused-ring (bicyclic) bond motifs is 1. The van der Waals surface area contributed by atoms with Crippen molar-refractivity contribution in [2.75, 3.05) is 36.2 Å². The van der Waals surface area contributed by atoms with Gasteiger partial charge in [0.05, 0.1) is 25.0 Å². The van der Waals surface area contributed by atoms with Crippen LogP contribution in [0.15, 0.2) is 54.9 Å². The van der Waals surface area contributed by atoms with Crippen molar-refractivity contribution in [1.29, 1.82) is 0 Å². The number of rotatable bonds is 10. The number of carbonyl (C=O) groups excluding carboxylic acids is 1. The number of benzene rings is 2. The van der Waals surface area contributed by atoms with Gasteiger partial charge in [0.15, 0.2) is 0 Å². The van der Waals surface area contributed by atoms with Gasteiger partial charge in [-0.1, -0.05) is 12.1 Å². The maximum atomic E-state index is 12.9. The Hall–Kier alpha value is -3.98. The molecule has 2 aromatic heterocycles. The van der Waals surface area contributed by atoms with Gasteiger partial charge in [-0.05, 0) is 62.2 Å². The largest absolute Gasteiger partial charge is 0.383 e. The maximum absolute atomic E-state index is 12.9. The first-order valence-corrected chi connectivity index (χ1v) is 11.7. The number of hydrogen-bond acceptors (Lipinski definition) is 7. The quantitative estimate of drug-likeness (QED) is 0.288. The SMILES string of the molecule is CCn1cc2ncc(N[C@@H](C)c3cccc(NC(=O)c4ccc(NCCOC)c(C)c4)c3)nc2n1. The molecule has 0 radical (unpaired) electrons. The highest BCUT2D eigenvalue weighted by atomic mass is 16.5. The van der Waals surface area contributed by atoms with Gasteiger partial charge >= 0.3 is 0 Å². The zero-order valence-corrected chi connectivity index (χ0v) is 20.5. The maximum Gasteiger partial charge on any atom is 0.255 e. The third kappa shape index (κ3) is 5.93. The van der Waals surface area contributed by atoms with Crippen LogP contribution in [0.4, 0.5) is 17.2 Å². The summed E-state index contributed by atoms with van der Waals surface area (Å²) >= 11 is 0. The molecule has 0 aliphatic carbocycles. The molecule has 0 bridgehead atoms. The molecule has 3 N–H and O–H groups in total. The van der Waals surface area contributed by atoms with Crippen molar-refractivity contribution in [3.05, 3.63) is 71.5 Å². The lowest BCUT2D eigenvalue weighted by molar-refractivity contribution is 0.102. The summed E-state index contributed by atoms with van der Waals surface area (Å²) in [6, 6.07) is 13.3. The number of amides is 1. The van der Waals surface area contributed by atoms with Gasteiger partial charge in [0.1, 0.15) is 11.3 Å². The molecule has 4 rings (SSSR count). The third-order valence-electron chi connectivity index (χ3n) is 5.72. The minimum atomic E-state index is -0.155. The summed E-state index contributed by atoms with van der Waals surface area (Å²) in [6.07, 6.45) is 3.59. The van der Waals surface area contributed by atoms with E-state index in [1.807, 2.05) is 74.1 Å². The molecule has 0 aliphatic rings. The summed E-state index contributed by atoms with van der Waals surface area (Å²) in [6.45, 7) is 8.14. The van der Waals surface area contributed by atoms with Crippen molar-refractivity contribution >= 4 is 34.3 Å². The Morgan fingerprint density at radius 3 is 2.83 bits per heavy atom. The molecule has 0 unspecified atom stereocenters. The third-order valence-corrected chi connectivity index (χ3v) is 5.72. The summed E-state index contributed by atoms with van der Waals surface area (Å²) in [4.78, 5) is 21.9. The number of nitrogens with zero attached hydrogens (tertiary/aromatic N) is 4. The monoisotopic (exact) mass is 473 g/mol. The predicted octanol–water partition coefficient (Wildman–Crippen LogP) is 4.64. The minimum Gasteiger partial charge on any atom is -0.383 e. The van der Waals surface area contributed by atoms with Crippen LogP contribution in [0, 0.1) is 6.92 Å². The van der Waals surface area contributed by atoms with E-state index < -0.39 is 0 Å². The molecule has 2 aromatic carbocycles. The summed E-state index contributed by atoms with van der Waals surface area (Å²) < 4.78 is 6.89. The van der Waals surface area contributed by atoms with Crippen LogP contribution in [-0.4, -0.2) is 45.9 Å². The molecule has 182 valence electrons. The number of anilines is 3. The molecular formula is C26H31N7O2. The lowest BCUT2D eigenvalue weighted by Gasteiger charge is -2.16. The normalized spacial score (nSPS) is 11.9. The molecule has 35 heavy (non-hydrogen) atoms. The van der Waals surface area contributed by atoms with Crippen LogP contribution < -0.4 is 16.0 Å². The molecule has 0 spiro atoms. The number of methoxy groups -OCH3 is 1. The second-order valence-electron chi connectivity index (χ2n) is 8.34. The van der Waals surface area contributed by atoms with Crippen LogP contribution >= 0.6 is 0 Å². The fourth-order valence-corrected chi connectivity index (χ4v) is 3.76. The van der Waals surface area contributed by atoms with Crippen LogP contribution in [0.25, 0.3) is 11.2 Å². The van der Waals surface area contributed by atoms with Gasteiger partial charge in [-0.25, -0.2) is 9.97 Å². The van der Waals surface area contributed by atoms with Crippen LogP contribution in [0.5, 0.6) is 0 Å². The first kappa shape index (κ1) is 24.2. The van der Waals surface area contributed by atoms with E-state index in [2.05, 4.69) is 31.0 Å². The highest BCUT2D eigenvalue weighted by Gasteiger charge is 2.12. The molecule has 2 heterocycles. The summed E-state index contributed by atoms with van der Waals surface area (Å²) in [5.74, 6) is 0.493. The van der Waals surface area contributed by atoms with Crippen molar-refractivity contribution in [2.45, 2.75) is 33.4 Å². The van der Waals surface area contributed by atoms with E-state index in [0.717, 1.165) is 34.6 Å². The van der Waals surface area contributed by atoms with E-state index in [4.69, 9.17) is 4.74 Å². The molecule has 0 saturated carbocycles. The van der Waals surface area contributed by atoms with Gasteiger partial charge in [0, 0.05) is 37.1 Å². The Labute approximate surface area is 204 Å². The smallest absolute Gasteiger partial charge is 0.255 e. The van der Waals surface area contributed by atoms with Gasteiger partial charge in [0.2, 0.25) is 5.65 Å². The fourth-order valence-electron chi connectivity index (χ4n) is 3.76. The molecule has 9 nitrogen and oxygen atoms in total. The summed E-state index contributed by atoms with van der Waals surface area (Å²) in [5, 5.41) is 14.1. The highest BCUT2D eigenvalue weighted by molar-refractivity contribution is 6.04. The van der Waals surface area contributed by atoms with E-state index in [0.29, 0.717) is 30.2 Å². The van der Waals surface area contributed by atoms with Gasteiger partial charge in [-0.15, -0.1) is 0 Å². The zero-order valence-electron chi connectivity index (χ0n) is 20.5. The van der Waals surface area contributed by atoms with Crippen LogP contribution in [0.3, 0.4) is 0 Å². The molecule has 4 aromatic rings. The van der Waals surface area contributed by atoms with Gasteiger partial charge < -0.3 is 20.7 Å². The number of hydrogen-bond donors (Lipinski definition) is 3. The number of aromatic nitrogens is 4.